The molecule has 0 spiro atoms. The summed E-state index contributed by atoms with van der Waals surface area (Å²) < 4.78 is 0. The SMILES string of the molecule is CONC(=O)c1cc(C)ccc1C#C[Si](C(C)C)(C(C)C)C(C)C. The van der Waals surface area contributed by atoms with Crippen molar-refractivity contribution >= 4 is 14.0 Å². The van der Waals surface area contributed by atoms with Gasteiger partial charge in [0.2, 0.25) is 0 Å². The second kappa shape index (κ2) is 8.50. The summed E-state index contributed by atoms with van der Waals surface area (Å²) in [6.07, 6.45) is 0. The maximum Gasteiger partial charge on any atom is 0.276 e. The second-order valence-electron chi connectivity index (χ2n) is 7.33. The Balaban J connectivity index is 3.44. The Labute approximate surface area is 148 Å². The number of hydroxylamine groups is 1. The number of carbonyl (C=O) groups excluding carboxylic acids is 1. The lowest BCUT2D eigenvalue weighted by Gasteiger charge is -2.38. The monoisotopic (exact) mass is 345 g/mol. The summed E-state index contributed by atoms with van der Waals surface area (Å²) in [5.41, 5.74) is 10.1. The van der Waals surface area contributed by atoms with E-state index in [1.807, 2.05) is 25.1 Å². The van der Waals surface area contributed by atoms with E-state index >= 15 is 0 Å². The standard InChI is InChI=1S/C20H31NO2Si/c1-14(2)24(15(3)4,16(5)6)12-11-18-10-9-17(7)13-19(18)20(22)21-23-8/h9-10,13-16H,1-8H3,(H,21,22). The highest BCUT2D eigenvalue weighted by Crippen LogP contribution is 2.40. The molecule has 3 nitrogen and oxygen atoms in total. The van der Waals surface area contributed by atoms with Crippen LogP contribution in [-0.4, -0.2) is 21.1 Å². The molecule has 1 N–H and O–H groups in total. The van der Waals surface area contributed by atoms with Crippen LogP contribution in [0, 0.1) is 18.4 Å². The van der Waals surface area contributed by atoms with Crippen LogP contribution >= 0.6 is 0 Å². The molecule has 4 heteroatoms. The molecule has 1 rings (SSSR count). The van der Waals surface area contributed by atoms with Gasteiger partial charge < -0.3 is 0 Å². The lowest BCUT2D eigenvalue weighted by molar-refractivity contribution is 0.0537. The Morgan fingerprint density at radius 3 is 2.08 bits per heavy atom. The van der Waals surface area contributed by atoms with Gasteiger partial charge in [-0.05, 0) is 35.7 Å². The molecule has 0 radical (unpaired) electrons. The molecule has 0 unspecified atom stereocenters. The second-order valence-corrected chi connectivity index (χ2v) is 12.9. The molecule has 0 atom stereocenters. The van der Waals surface area contributed by atoms with E-state index in [0.717, 1.165) is 11.1 Å². The Morgan fingerprint density at radius 1 is 1.08 bits per heavy atom. The van der Waals surface area contributed by atoms with Gasteiger partial charge in [-0.1, -0.05) is 59.1 Å². The number of nitrogens with one attached hydrogen (secondary N) is 1. The smallest absolute Gasteiger partial charge is 0.276 e. The van der Waals surface area contributed by atoms with Gasteiger partial charge in [-0.2, -0.15) is 0 Å². The predicted octanol–water partition coefficient (Wildman–Crippen LogP) is 4.86. The van der Waals surface area contributed by atoms with Gasteiger partial charge in [0, 0.05) is 5.56 Å². The average Bonchev–Trinajstić information content (AvgIpc) is 2.48. The van der Waals surface area contributed by atoms with Crippen LogP contribution in [-0.2, 0) is 4.84 Å². The Kier molecular flexibility index (Phi) is 7.25. The van der Waals surface area contributed by atoms with Crippen molar-refractivity contribution in [2.24, 2.45) is 0 Å². The van der Waals surface area contributed by atoms with Crippen molar-refractivity contribution < 1.29 is 9.63 Å². The van der Waals surface area contributed by atoms with Gasteiger partial charge in [-0.25, -0.2) is 5.48 Å². The number of hydrogen-bond donors (Lipinski definition) is 1. The zero-order chi connectivity index (χ0) is 18.5. The van der Waals surface area contributed by atoms with Gasteiger partial charge in [0.1, 0.15) is 8.07 Å². The van der Waals surface area contributed by atoms with Crippen molar-refractivity contribution in [3.05, 3.63) is 34.9 Å². The first-order chi connectivity index (χ1) is 11.2. The van der Waals surface area contributed by atoms with E-state index in [0.29, 0.717) is 22.2 Å². The van der Waals surface area contributed by atoms with E-state index < -0.39 is 8.07 Å². The van der Waals surface area contributed by atoms with Crippen LogP contribution in [0.4, 0.5) is 0 Å². The Bertz CT molecular complexity index is 617. The number of hydrogen-bond acceptors (Lipinski definition) is 2. The van der Waals surface area contributed by atoms with Crippen LogP contribution in [0.3, 0.4) is 0 Å². The zero-order valence-electron chi connectivity index (χ0n) is 16.3. The van der Waals surface area contributed by atoms with Gasteiger partial charge in [0.25, 0.3) is 5.91 Å². The van der Waals surface area contributed by atoms with Crippen molar-refractivity contribution in [3.63, 3.8) is 0 Å². The van der Waals surface area contributed by atoms with Gasteiger partial charge in [-0.3, -0.25) is 9.63 Å². The quantitative estimate of drug-likeness (QED) is 0.470. The fourth-order valence-electron chi connectivity index (χ4n) is 3.71. The van der Waals surface area contributed by atoms with E-state index in [-0.39, 0.29) is 5.91 Å². The molecule has 24 heavy (non-hydrogen) atoms. The molecule has 132 valence electrons. The minimum atomic E-state index is -1.82. The molecule has 0 bridgehead atoms. The molecule has 0 aliphatic rings. The fourth-order valence-corrected chi connectivity index (χ4v) is 8.93. The fraction of sp³-hybridized carbons (Fsp3) is 0.550. The maximum atomic E-state index is 12.3. The summed E-state index contributed by atoms with van der Waals surface area (Å²) in [6.45, 7) is 15.7. The number of amides is 1. The first-order valence-electron chi connectivity index (χ1n) is 8.63. The van der Waals surface area contributed by atoms with Crippen molar-refractivity contribution in [2.45, 2.75) is 65.1 Å². The molecule has 0 saturated carbocycles. The van der Waals surface area contributed by atoms with Crippen molar-refractivity contribution in [1.82, 2.24) is 5.48 Å². The molecule has 0 aromatic heterocycles. The molecular weight excluding hydrogens is 314 g/mol. The van der Waals surface area contributed by atoms with Crippen LogP contribution in [0.25, 0.3) is 0 Å². The van der Waals surface area contributed by atoms with Crippen molar-refractivity contribution in [3.8, 4) is 11.5 Å². The van der Waals surface area contributed by atoms with Crippen LogP contribution in [0.1, 0.15) is 63.0 Å². The number of benzene rings is 1. The summed E-state index contributed by atoms with van der Waals surface area (Å²) in [5, 5.41) is 0. The van der Waals surface area contributed by atoms with E-state index in [1.54, 1.807) is 0 Å². The van der Waals surface area contributed by atoms with Crippen molar-refractivity contribution in [2.75, 3.05) is 7.11 Å². The number of aryl methyl sites for hydroxylation is 1. The lowest BCUT2D eigenvalue weighted by atomic mass is 10.0. The zero-order valence-corrected chi connectivity index (χ0v) is 17.3. The van der Waals surface area contributed by atoms with Crippen LogP contribution in [0.15, 0.2) is 18.2 Å². The predicted molar refractivity (Wildman–Crippen MR) is 104 cm³/mol. The summed E-state index contributed by atoms with van der Waals surface area (Å²) in [4.78, 5) is 17.0. The van der Waals surface area contributed by atoms with E-state index in [2.05, 4.69) is 58.5 Å². The molecule has 1 aromatic rings. The van der Waals surface area contributed by atoms with Gasteiger partial charge in [-0.15, -0.1) is 5.54 Å². The third kappa shape index (κ3) is 4.28. The van der Waals surface area contributed by atoms with Crippen LogP contribution < -0.4 is 5.48 Å². The summed E-state index contributed by atoms with van der Waals surface area (Å²) >= 11 is 0. The molecule has 1 amide bonds. The van der Waals surface area contributed by atoms with Crippen molar-refractivity contribution in [1.29, 1.82) is 0 Å². The van der Waals surface area contributed by atoms with E-state index in [1.165, 1.54) is 7.11 Å². The molecule has 0 saturated heterocycles. The largest absolute Gasteiger partial charge is 0.277 e. The molecule has 0 heterocycles. The van der Waals surface area contributed by atoms with Crippen LogP contribution in [0.5, 0.6) is 0 Å². The minimum absolute atomic E-state index is 0.253. The Hall–Kier alpha value is -1.57. The summed E-state index contributed by atoms with van der Waals surface area (Å²) in [5.74, 6) is 3.11. The third-order valence-electron chi connectivity index (χ3n) is 4.89. The van der Waals surface area contributed by atoms with Gasteiger partial charge in [0.05, 0.1) is 12.7 Å². The first-order valence-corrected chi connectivity index (χ1v) is 10.9. The maximum absolute atomic E-state index is 12.3. The van der Waals surface area contributed by atoms with E-state index in [4.69, 9.17) is 4.84 Å². The topological polar surface area (TPSA) is 38.3 Å². The lowest BCUT2D eigenvalue weighted by Crippen LogP contribution is -2.43. The molecule has 0 aliphatic heterocycles. The highest BCUT2D eigenvalue weighted by Gasteiger charge is 2.41. The highest BCUT2D eigenvalue weighted by atomic mass is 28.3. The summed E-state index contributed by atoms with van der Waals surface area (Å²) in [6, 6.07) is 5.80. The number of rotatable bonds is 5. The molecule has 0 aliphatic carbocycles. The minimum Gasteiger partial charge on any atom is -0.277 e. The van der Waals surface area contributed by atoms with Crippen LogP contribution in [0.2, 0.25) is 16.6 Å². The average molecular weight is 346 g/mol. The van der Waals surface area contributed by atoms with E-state index in [9.17, 15) is 4.79 Å². The molecule has 0 fully saturated rings. The van der Waals surface area contributed by atoms with Gasteiger partial charge >= 0.3 is 0 Å². The normalized spacial score (nSPS) is 11.6. The highest BCUT2D eigenvalue weighted by molar-refractivity contribution is 6.90. The Morgan fingerprint density at radius 2 is 1.62 bits per heavy atom. The number of carbonyl (C=O) groups is 1. The molecule has 1 aromatic carbocycles. The summed E-state index contributed by atoms with van der Waals surface area (Å²) in [7, 11) is -0.386. The molecular formula is C20H31NO2Si. The third-order valence-corrected chi connectivity index (χ3v) is 11.2. The first kappa shape index (κ1) is 20.5. The van der Waals surface area contributed by atoms with Gasteiger partial charge in [0.15, 0.2) is 0 Å².